The molecule has 0 unspecified atom stereocenters. The molecular formula is C22H17Cl2N3O2S2. The third kappa shape index (κ3) is 5.13. The molecule has 0 bridgehead atoms. The van der Waals surface area contributed by atoms with E-state index < -0.39 is 0 Å². The van der Waals surface area contributed by atoms with Gasteiger partial charge in [-0.1, -0.05) is 47.1 Å². The van der Waals surface area contributed by atoms with Gasteiger partial charge in [-0.2, -0.15) is 0 Å². The van der Waals surface area contributed by atoms with Gasteiger partial charge in [0.25, 0.3) is 0 Å². The van der Waals surface area contributed by atoms with E-state index in [1.165, 1.54) is 18.1 Å². The first-order valence-electron chi connectivity index (χ1n) is 9.38. The summed E-state index contributed by atoms with van der Waals surface area (Å²) >= 11 is 15.0. The predicted octanol–water partition coefficient (Wildman–Crippen LogP) is 6.79. The number of thiophene rings is 1. The van der Waals surface area contributed by atoms with Crippen molar-refractivity contribution in [3.8, 4) is 16.9 Å². The second-order valence-electron chi connectivity index (χ2n) is 6.43. The highest BCUT2D eigenvalue weighted by Crippen LogP contribution is 2.38. The smallest absolute Gasteiger partial charge is 0.234 e. The lowest BCUT2D eigenvalue weighted by Crippen LogP contribution is -2.14. The van der Waals surface area contributed by atoms with Crippen LogP contribution >= 0.6 is 46.3 Å². The molecule has 5 nitrogen and oxygen atoms in total. The fourth-order valence-electron chi connectivity index (χ4n) is 2.98. The molecule has 1 N–H and O–H groups in total. The van der Waals surface area contributed by atoms with Crippen LogP contribution in [0.5, 0.6) is 5.75 Å². The Bertz CT molecular complexity index is 1230. The van der Waals surface area contributed by atoms with Gasteiger partial charge >= 0.3 is 0 Å². The summed E-state index contributed by atoms with van der Waals surface area (Å²) in [7, 11) is 0. The average Bonchev–Trinajstić information content (AvgIpc) is 3.20. The van der Waals surface area contributed by atoms with E-state index in [0.29, 0.717) is 22.3 Å². The maximum Gasteiger partial charge on any atom is 0.234 e. The first-order valence-corrected chi connectivity index (χ1v) is 12.0. The third-order valence-electron chi connectivity index (χ3n) is 4.35. The number of nitrogens with zero attached hydrogens (tertiary/aromatic N) is 2. The lowest BCUT2D eigenvalue weighted by molar-refractivity contribution is -0.113. The van der Waals surface area contributed by atoms with Crippen LogP contribution < -0.4 is 10.1 Å². The Hall–Kier alpha value is -2.32. The molecule has 0 aliphatic rings. The van der Waals surface area contributed by atoms with Crippen molar-refractivity contribution in [1.82, 2.24) is 9.97 Å². The molecule has 1 amide bonds. The van der Waals surface area contributed by atoms with Crippen LogP contribution in [0.15, 0.2) is 59.2 Å². The number of hydrogen-bond acceptors (Lipinski definition) is 6. The van der Waals surface area contributed by atoms with Crippen LogP contribution in [0, 0.1) is 0 Å². The highest BCUT2D eigenvalue weighted by Gasteiger charge is 2.15. The number of rotatable bonds is 7. The van der Waals surface area contributed by atoms with E-state index in [4.69, 9.17) is 27.9 Å². The third-order valence-corrected chi connectivity index (χ3v) is 6.79. The molecule has 31 heavy (non-hydrogen) atoms. The lowest BCUT2D eigenvalue weighted by atomic mass is 10.1. The highest BCUT2D eigenvalue weighted by molar-refractivity contribution is 8.00. The van der Waals surface area contributed by atoms with Crippen LogP contribution in [0.25, 0.3) is 21.3 Å². The summed E-state index contributed by atoms with van der Waals surface area (Å²) in [5.74, 6) is 0.805. The minimum Gasteiger partial charge on any atom is -0.494 e. The van der Waals surface area contributed by atoms with Crippen LogP contribution in [0.4, 0.5) is 5.69 Å². The van der Waals surface area contributed by atoms with E-state index >= 15 is 0 Å². The fourth-order valence-corrected chi connectivity index (χ4v) is 5.11. The first kappa shape index (κ1) is 21.9. The van der Waals surface area contributed by atoms with Gasteiger partial charge < -0.3 is 10.1 Å². The van der Waals surface area contributed by atoms with Gasteiger partial charge in [0.2, 0.25) is 5.91 Å². The van der Waals surface area contributed by atoms with Crippen molar-refractivity contribution in [2.45, 2.75) is 11.9 Å². The number of hydrogen-bond donors (Lipinski definition) is 1. The topological polar surface area (TPSA) is 64.1 Å². The molecule has 0 fully saturated rings. The summed E-state index contributed by atoms with van der Waals surface area (Å²) in [6.45, 7) is 2.58. The maximum atomic E-state index is 12.5. The molecule has 2 aromatic carbocycles. The van der Waals surface area contributed by atoms with E-state index in [2.05, 4.69) is 20.7 Å². The van der Waals surface area contributed by atoms with Gasteiger partial charge in [0.1, 0.15) is 21.9 Å². The number of halogens is 2. The van der Waals surface area contributed by atoms with E-state index in [1.54, 1.807) is 29.5 Å². The van der Waals surface area contributed by atoms with Gasteiger partial charge in [-0.15, -0.1) is 11.3 Å². The van der Waals surface area contributed by atoms with Crippen molar-refractivity contribution < 1.29 is 9.53 Å². The largest absolute Gasteiger partial charge is 0.494 e. The summed E-state index contributed by atoms with van der Waals surface area (Å²) in [4.78, 5) is 22.2. The molecule has 0 saturated heterocycles. The predicted molar refractivity (Wildman–Crippen MR) is 130 cm³/mol. The van der Waals surface area contributed by atoms with Crippen LogP contribution in [0.1, 0.15) is 6.92 Å². The number of aromatic nitrogens is 2. The van der Waals surface area contributed by atoms with E-state index in [9.17, 15) is 4.79 Å². The molecule has 0 aliphatic heterocycles. The number of thioether (sulfide) groups is 1. The molecule has 0 saturated carbocycles. The maximum absolute atomic E-state index is 12.5. The van der Waals surface area contributed by atoms with Gasteiger partial charge in [0.05, 0.1) is 28.5 Å². The van der Waals surface area contributed by atoms with E-state index in [1.807, 2.05) is 31.2 Å². The molecule has 4 aromatic rings. The Kier molecular flexibility index (Phi) is 6.97. The number of carbonyl (C=O) groups excluding carboxylic acids is 1. The van der Waals surface area contributed by atoms with Crippen molar-refractivity contribution in [3.63, 3.8) is 0 Å². The average molecular weight is 490 g/mol. The van der Waals surface area contributed by atoms with Crippen molar-refractivity contribution in [2.75, 3.05) is 17.7 Å². The summed E-state index contributed by atoms with van der Waals surface area (Å²) in [6.07, 6.45) is 1.52. The molecule has 0 aliphatic carbocycles. The number of fused-ring (bicyclic) bond motifs is 1. The Morgan fingerprint density at radius 2 is 1.97 bits per heavy atom. The minimum absolute atomic E-state index is 0.174. The Morgan fingerprint density at radius 3 is 2.74 bits per heavy atom. The van der Waals surface area contributed by atoms with Crippen LogP contribution in [-0.4, -0.2) is 28.2 Å². The normalized spacial score (nSPS) is 10.9. The molecule has 0 radical (unpaired) electrons. The number of nitrogens with one attached hydrogen (secondary N) is 1. The lowest BCUT2D eigenvalue weighted by Gasteiger charge is -2.09. The van der Waals surface area contributed by atoms with Crippen molar-refractivity contribution in [3.05, 3.63) is 64.2 Å². The molecule has 0 spiro atoms. The molecule has 0 atom stereocenters. The standard InChI is InChI=1S/C22H17Cl2N3O2S2/c1-2-29-15-6-3-13(4-7-15)16-10-30-21-20(16)22(26-12-25-21)31-11-19(28)27-18-9-14(23)5-8-17(18)24/h3-10,12H,2,11H2,1H3,(H,27,28). The fraction of sp³-hybridized carbons (Fsp3) is 0.136. The van der Waals surface area contributed by atoms with Gasteiger partial charge in [0.15, 0.2) is 0 Å². The Morgan fingerprint density at radius 1 is 1.16 bits per heavy atom. The minimum atomic E-state index is -0.196. The van der Waals surface area contributed by atoms with Crippen LogP contribution in [0.2, 0.25) is 10.0 Å². The highest BCUT2D eigenvalue weighted by atomic mass is 35.5. The zero-order valence-corrected chi connectivity index (χ0v) is 19.5. The van der Waals surface area contributed by atoms with Gasteiger partial charge in [-0.3, -0.25) is 4.79 Å². The number of carbonyl (C=O) groups is 1. The van der Waals surface area contributed by atoms with E-state index in [0.717, 1.165) is 32.1 Å². The number of anilines is 1. The Labute approximate surface area is 197 Å². The van der Waals surface area contributed by atoms with Crippen molar-refractivity contribution in [1.29, 1.82) is 0 Å². The molecule has 158 valence electrons. The molecule has 2 aromatic heterocycles. The number of benzene rings is 2. The monoisotopic (exact) mass is 489 g/mol. The summed E-state index contributed by atoms with van der Waals surface area (Å²) in [6, 6.07) is 12.9. The zero-order valence-electron chi connectivity index (χ0n) is 16.4. The second kappa shape index (κ2) is 9.87. The number of amides is 1. The van der Waals surface area contributed by atoms with E-state index in [-0.39, 0.29) is 11.7 Å². The van der Waals surface area contributed by atoms with Crippen LogP contribution in [0.3, 0.4) is 0 Å². The molecule has 4 rings (SSSR count). The molecule has 2 heterocycles. The zero-order chi connectivity index (χ0) is 21.8. The summed E-state index contributed by atoms with van der Waals surface area (Å²) in [5, 5.41) is 7.49. The quantitative estimate of drug-likeness (QED) is 0.228. The SMILES string of the molecule is CCOc1ccc(-c2csc3ncnc(SCC(=O)Nc4cc(Cl)ccc4Cl)c23)cc1. The van der Waals surface area contributed by atoms with Gasteiger partial charge in [-0.05, 0) is 42.8 Å². The Balaban J connectivity index is 1.55. The molecule has 9 heteroatoms. The molecular weight excluding hydrogens is 473 g/mol. The number of ether oxygens (including phenoxy) is 1. The summed E-state index contributed by atoms with van der Waals surface area (Å²) in [5.41, 5.74) is 2.56. The van der Waals surface area contributed by atoms with Gasteiger partial charge in [0, 0.05) is 16.0 Å². The van der Waals surface area contributed by atoms with Crippen molar-refractivity contribution >= 4 is 68.1 Å². The van der Waals surface area contributed by atoms with Crippen molar-refractivity contribution in [2.24, 2.45) is 0 Å². The summed E-state index contributed by atoms with van der Waals surface area (Å²) < 4.78 is 5.53. The van der Waals surface area contributed by atoms with Gasteiger partial charge in [-0.25, -0.2) is 9.97 Å². The second-order valence-corrected chi connectivity index (χ2v) is 9.09. The van der Waals surface area contributed by atoms with Crippen LogP contribution in [-0.2, 0) is 4.79 Å². The first-order chi connectivity index (χ1) is 15.0.